The molecule has 5 aromatic rings. The SMILES string of the molecule is Cc1ccc(C(=O)NC(C(=O)Nc2ccc3c(c2)/C(=C/c2cnc[nH]2)C(=O)N3)c2ccccc2)c(=O)n1Cc1ccc(F)c(F)c1. The summed E-state index contributed by atoms with van der Waals surface area (Å²) in [5.41, 5.74) is 2.89. The molecule has 0 saturated carbocycles. The average Bonchev–Trinajstić information content (AvgIpc) is 3.67. The van der Waals surface area contributed by atoms with E-state index < -0.39 is 35.0 Å². The van der Waals surface area contributed by atoms with Crippen molar-refractivity contribution in [1.82, 2.24) is 19.9 Å². The Hall–Kier alpha value is -6.17. The van der Waals surface area contributed by atoms with Crippen LogP contribution in [-0.4, -0.2) is 32.3 Å². The van der Waals surface area contributed by atoms with Crippen LogP contribution in [0.1, 0.15) is 44.5 Å². The summed E-state index contributed by atoms with van der Waals surface area (Å²) in [5.74, 6) is -3.77. The molecule has 6 rings (SSSR count). The number of imidazole rings is 1. The predicted molar refractivity (Wildman–Crippen MR) is 168 cm³/mol. The molecule has 1 unspecified atom stereocenters. The molecule has 12 heteroatoms. The summed E-state index contributed by atoms with van der Waals surface area (Å²) in [7, 11) is 0. The van der Waals surface area contributed by atoms with Crippen molar-refractivity contribution in [3.63, 3.8) is 0 Å². The third-order valence-corrected chi connectivity index (χ3v) is 7.52. The molecule has 4 N–H and O–H groups in total. The van der Waals surface area contributed by atoms with Gasteiger partial charge in [-0.25, -0.2) is 13.8 Å². The van der Waals surface area contributed by atoms with Gasteiger partial charge in [0.15, 0.2) is 11.6 Å². The van der Waals surface area contributed by atoms with Crippen LogP contribution in [-0.2, 0) is 16.1 Å². The molecule has 2 aromatic heterocycles. The van der Waals surface area contributed by atoms with E-state index in [9.17, 15) is 28.0 Å². The number of carbonyl (C=O) groups is 3. The number of H-pyrrole nitrogens is 1. The van der Waals surface area contributed by atoms with Gasteiger partial charge in [-0.15, -0.1) is 0 Å². The van der Waals surface area contributed by atoms with Gasteiger partial charge < -0.3 is 25.5 Å². The lowest BCUT2D eigenvalue weighted by atomic mass is 10.0. The van der Waals surface area contributed by atoms with Crippen molar-refractivity contribution in [2.75, 3.05) is 10.6 Å². The van der Waals surface area contributed by atoms with Crippen LogP contribution >= 0.6 is 0 Å². The van der Waals surface area contributed by atoms with Crippen LogP contribution in [0.15, 0.2) is 96.2 Å². The number of nitrogens with one attached hydrogen (secondary N) is 4. The fraction of sp³-hybridized carbons (Fsp3) is 0.0882. The van der Waals surface area contributed by atoms with Crippen LogP contribution in [0.3, 0.4) is 0 Å². The van der Waals surface area contributed by atoms with E-state index in [1.807, 2.05) is 0 Å². The summed E-state index contributed by atoms with van der Waals surface area (Å²) in [6.45, 7) is 1.55. The van der Waals surface area contributed by atoms with Gasteiger partial charge in [0.1, 0.15) is 11.6 Å². The highest BCUT2D eigenvalue weighted by Crippen LogP contribution is 2.35. The predicted octanol–water partition coefficient (Wildman–Crippen LogP) is 4.81. The fourth-order valence-corrected chi connectivity index (χ4v) is 5.14. The molecule has 0 radical (unpaired) electrons. The average molecular weight is 621 g/mol. The molecule has 0 fully saturated rings. The molecule has 0 spiro atoms. The molecule has 3 heterocycles. The first-order chi connectivity index (χ1) is 22.2. The van der Waals surface area contributed by atoms with Gasteiger partial charge in [0.05, 0.1) is 30.3 Å². The first-order valence-electron chi connectivity index (χ1n) is 14.1. The largest absolute Gasteiger partial charge is 0.345 e. The number of nitrogens with zero attached hydrogens (tertiary/aromatic N) is 2. The number of amides is 3. The van der Waals surface area contributed by atoms with Crippen molar-refractivity contribution in [3.05, 3.63) is 147 Å². The summed E-state index contributed by atoms with van der Waals surface area (Å²) >= 11 is 0. The fourth-order valence-electron chi connectivity index (χ4n) is 5.14. The highest BCUT2D eigenvalue weighted by molar-refractivity contribution is 6.35. The number of halogens is 2. The Bertz CT molecular complexity index is 2070. The second kappa shape index (κ2) is 12.4. The van der Waals surface area contributed by atoms with Crippen molar-refractivity contribution >= 4 is 40.7 Å². The number of hydrogen-bond donors (Lipinski definition) is 4. The van der Waals surface area contributed by atoms with Gasteiger partial charge in [0, 0.05) is 22.6 Å². The van der Waals surface area contributed by atoms with Gasteiger partial charge in [-0.1, -0.05) is 36.4 Å². The van der Waals surface area contributed by atoms with Crippen LogP contribution in [0.2, 0.25) is 0 Å². The lowest BCUT2D eigenvalue weighted by Gasteiger charge is -2.20. The summed E-state index contributed by atoms with van der Waals surface area (Å²) in [6.07, 6.45) is 4.71. The van der Waals surface area contributed by atoms with Crippen molar-refractivity contribution < 1.29 is 23.2 Å². The number of pyridine rings is 1. The minimum absolute atomic E-state index is 0.0991. The molecule has 0 aliphatic carbocycles. The molecule has 10 nitrogen and oxygen atoms in total. The molecular weight excluding hydrogens is 594 g/mol. The molecular formula is C34H26F2N6O4. The Morgan fingerprint density at radius 1 is 0.978 bits per heavy atom. The van der Waals surface area contributed by atoms with Crippen molar-refractivity contribution in [3.8, 4) is 0 Å². The minimum Gasteiger partial charge on any atom is -0.345 e. The minimum atomic E-state index is -1.21. The van der Waals surface area contributed by atoms with E-state index >= 15 is 0 Å². The van der Waals surface area contributed by atoms with Gasteiger partial charge in [0.2, 0.25) is 0 Å². The second-order valence-corrected chi connectivity index (χ2v) is 10.6. The van der Waals surface area contributed by atoms with E-state index in [2.05, 4.69) is 25.9 Å². The monoisotopic (exact) mass is 620 g/mol. The Balaban J connectivity index is 1.27. The van der Waals surface area contributed by atoms with Gasteiger partial charge in [-0.05, 0) is 66.6 Å². The molecule has 0 saturated heterocycles. The third-order valence-electron chi connectivity index (χ3n) is 7.52. The molecule has 1 aliphatic rings. The number of benzene rings is 3. The number of hydrogen-bond acceptors (Lipinski definition) is 5. The highest BCUT2D eigenvalue weighted by Gasteiger charge is 2.28. The molecule has 230 valence electrons. The van der Waals surface area contributed by atoms with E-state index in [0.29, 0.717) is 45.0 Å². The van der Waals surface area contributed by atoms with Crippen molar-refractivity contribution in [2.45, 2.75) is 19.5 Å². The number of anilines is 2. The second-order valence-electron chi connectivity index (χ2n) is 10.6. The quantitative estimate of drug-likeness (QED) is 0.185. The molecule has 46 heavy (non-hydrogen) atoms. The van der Waals surface area contributed by atoms with Gasteiger partial charge in [-0.3, -0.25) is 19.2 Å². The first-order valence-corrected chi connectivity index (χ1v) is 14.1. The maximum Gasteiger partial charge on any atom is 0.263 e. The molecule has 3 aromatic carbocycles. The zero-order valence-corrected chi connectivity index (χ0v) is 24.3. The molecule has 1 atom stereocenters. The van der Waals surface area contributed by atoms with Gasteiger partial charge >= 0.3 is 0 Å². The van der Waals surface area contributed by atoms with Crippen LogP contribution in [0.4, 0.5) is 20.2 Å². The number of rotatable bonds is 8. The maximum absolute atomic E-state index is 13.8. The normalized spacial score (nSPS) is 13.6. The number of aromatic amines is 1. The lowest BCUT2D eigenvalue weighted by Crippen LogP contribution is -2.40. The van der Waals surface area contributed by atoms with Crippen LogP contribution < -0.4 is 21.5 Å². The third kappa shape index (κ3) is 6.09. The van der Waals surface area contributed by atoms with Gasteiger partial charge in [-0.2, -0.15) is 0 Å². The van der Waals surface area contributed by atoms with Crippen molar-refractivity contribution in [2.24, 2.45) is 0 Å². The van der Waals surface area contributed by atoms with E-state index in [0.717, 1.165) is 12.1 Å². The highest BCUT2D eigenvalue weighted by atomic mass is 19.2. The number of carbonyl (C=O) groups excluding carboxylic acids is 3. The molecule has 0 bridgehead atoms. The van der Waals surface area contributed by atoms with Gasteiger partial charge in [0.25, 0.3) is 23.3 Å². The Kier molecular flexibility index (Phi) is 8.08. The molecule has 3 amide bonds. The summed E-state index contributed by atoms with van der Waals surface area (Å²) in [4.78, 5) is 60.2. The number of aromatic nitrogens is 3. The van der Waals surface area contributed by atoms with E-state index in [4.69, 9.17) is 0 Å². The first kappa shape index (κ1) is 29.9. The summed E-state index contributed by atoms with van der Waals surface area (Å²) in [6, 6.07) is 18.5. The standard InChI is InChI=1S/C34H26F2N6O4/c1-19-7-10-24(34(46)42(19)17-20-8-11-27(35)28(36)13-20)31(43)41-30(21-5-3-2-4-6-21)33(45)39-22-9-12-29-25(14-22)26(32(44)40-29)15-23-16-37-18-38-23/h2-16,18,30H,17H2,1H3,(H,37,38)(H,39,45)(H,40,44)(H,41,43)/b26-15-. The van der Waals surface area contributed by atoms with E-state index in [1.54, 1.807) is 73.8 Å². The summed E-state index contributed by atoms with van der Waals surface area (Å²) in [5, 5.41) is 8.27. The van der Waals surface area contributed by atoms with E-state index in [-0.39, 0.29) is 18.0 Å². The zero-order chi connectivity index (χ0) is 32.4. The lowest BCUT2D eigenvalue weighted by molar-refractivity contribution is -0.118. The smallest absolute Gasteiger partial charge is 0.263 e. The van der Waals surface area contributed by atoms with E-state index in [1.165, 1.54) is 23.0 Å². The van der Waals surface area contributed by atoms with Crippen LogP contribution in [0.5, 0.6) is 0 Å². The topological polar surface area (TPSA) is 138 Å². The Morgan fingerprint density at radius 2 is 1.78 bits per heavy atom. The molecule has 1 aliphatic heterocycles. The maximum atomic E-state index is 13.8. The van der Waals surface area contributed by atoms with Crippen LogP contribution in [0.25, 0.3) is 11.6 Å². The zero-order valence-electron chi connectivity index (χ0n) is 24.3. The summed E-state index contributed by atoms with van der Waals surface area (Å²) < 4.78 is 28.5. The Labute approximate surface area is 260 Å². The van der Waals surface area contributed by atoms with Crippen LogP contribution in [0, 0.1) is 18.6 Å². The Morgan fingerprint density at radius 3 is 2.52 bits per heavy atom. The van der Waals surface area contributed by atoms with Crippen molar-refractivity contribution in [1.29, 1.82) is 0 Å². The number of fused-ring (bicyclic) bond motifs is 1. The number of aryl methyl sites for hydroxylation is 1.